The van der Waals surface area contributed by atoms with Gasteiger partial charge >= 0.3 is 0 Å². The lowest BCUT2D eigenvalue weighted by Crippen LogP contribution is -2.27. The third kappa shape index (κ3) is 1.50. The second-order valence-electron chi connectivity index (χ2n) is 3.59. The largest absolute Gasteiger partial charge is 0.511 e. The molecule has 3 heteroatoms. The van der Waals surface area contributed by atoms with Crippen LogP contribution in [0.4, 0.5) is 0 Å². The fourth-order valence-electron chi connectivity index (χ4n) is 1.87. The minimum atomic E-state index is 0.167. The Kier molecular flexibility index (Phi) is 2.29. The Labute approximate surface area is 96.6 Å². The van der Waals surface area contributed by atoms with E-state index in [1.54, 1.807) is 23.5 Å². The summed E-state index contributed by atoms with van der Waals surface area (Å²) in [6.07, 6.45) is 2.09. The molecule has 0 amide bonds. The van der Waals surface area contributed by atoms with E-state index in [9.17, 15) is 5.11 Å². The van der Waals surface area contributed by atoms with E-state index in [-0.39, 0.29) is 5.92 Å². The number of thioether (sulfide) groups is 2. The standard InChI is InChI=1S/C12H10OS2/c13-11-9-4-2-1-3-8(9)7-15-12-10(11)5-6-14-12/h1-7,10,12-13H. The topological polar surface area (TPSA) is 20.2 Å². The van der Waals surface area contributed by atoms with Gasteiger partial charge in [-0.2, -0.15) is 0 Å². The molecule has 0 radical (unpaired) electrons. The number of hydrogen-bond acceptors (Lipinski definition) is 3. The molecule has 0 bridgehead atoms. The van der Waals surface area contributed by atoms with Gasteiger partial charge in [0.25, 0.3) is 0 Å². The van der Waals surface area contributed by atoms with Crippen molar-refractivity contribution in [3.05, 3.63) is 46.2 Å². The minimum absolute atomic E-state index is 0.167. The second-order valence-corrected chi connectivity index (χ2v) is 5.95. The third-order valence-electron chi connectivity index (χ3n) is 2.67. The van der Waals surface area contributed by atoms with Crippen LogP contribution in [0, 0.1) is 5.92 Å². The van der Waals surface area contributed by atoms with Gasteiger partial charge in [-0.3, -0.25) is 0 Å². The van der Waals surface area contributed by atoms with Crippen molar-refractivity contribution in [1.82, 2.24) is 0 Å². The summed E-state index contributed by atoms with van der Waals surface area (Å²) in [7, 11) is 0. The van der Waals surface area contributed by atoms with E-state index < -0.39 is 0 Å². The van der Waals surface area contributed by atoms with Crippen LogP contribution in [0.1, 0.15) is 0 Å². The van der Waals surface area contributed by atoms with Crippen molar-refractivity contribution in [1.29, 1.82) is 0 Å². The molecule has 15 heavy (non-hydrogen) atoms. The van der Waals surface area contributed by atoms with E-state index in [1.165, 1.54) is 0 Å². The first-order chi connectivity index (χ1) is 7.36. The van der Waals surface area contributed by atoms with Crippen LogP contribution < -0.4 is 10.4 Å². The fraction of sp³-hybridized carbons (Fsp3) is 0.167. The van der Waals surface area contributed by atoms with Crippen LogP contribution in [0.3, 0.4) is 0 Å². The lowest BCUT2D eigenvalue weighted by Gasteiger charge is -2.13. The number of hydrogen-bond donors (Lipinski definition) is 1. The summed E-state index contributed by atoms with van der Waals surface area (Å²) in [6, 6.07) is 8.02. The van der Waals surface area contributed by atoms with Gasteiger partial charge in [0.15, 0.2) is 0 Å². The normalized spacial score (nSPS) is 27.9. The summed E-state index contributed by atoms with van der Waals surface area (Å²) in [6.45, 7) is 0. The molecule has 1 aromatic rings. The maximum atomic E-state index is 10.2. The first kappa shape index (κ1) is 9.43. The van der Waals surface area contributed by atoms with Gasteiger partial charge in [0, 0.05) is 5.22 Å². The van der Waals surface area contributed by atoms with Crippen LogP contribution in [-0.2, 0) is 0 Å². The van der Waals surface area contributed by atoms with Gasteiger partial charge in [0.1, 0.15) is 5.76 Å². The van der Waals surface area contributed by atoms with E-state index in [0.29, 0.717) is 10.3 Å². The maximum absolute atomic E-state index is 10.2. The summed E-state index contributed by atoms with van der Waals surface area (Å²) in [5.74, 6) is 0.679. The summed E-state index contributed by atoms with van der Waals surface area (Å²) < 4.78 is 0.400. The molecule has 3 rings (SSSR count). The van der Waals surface area contributed by atoms with E-state index in [0.717, 1.165) is 10.4 Å². The molecule has 76 valence electrons. The molecule has 0 spiro atoms. The van der Waals surface area contributed by atoms with Crippen molar-refractivity contribution in [2.75, 3.05) is 0 Å². The molecule has 2 aliphatic heterocycles. The highest BCUT2D eigenvalue weighted by atomic mass is 32.2. The number of rotatable bonds is 0. The van der Waals surface area contributed by atoms with Gasteiger partial charge in [-0.25, -0.2) is 0 Å². The average molecular weight is 234 g/mol. The van der Waals surface area contributed by atoms with E-state index >= 15 is 0 Å². The van der Waals surface area contributed by atoms with Gasteiger partial charge < -0.3 is 5.11 Å². The summed E-state index contributed by atoms with van der Waals surface area (Å²) >= 11 is 3.58. The van der Waals surface area contributed by atoms with Crippen LogP contribution in [0.15, 0.2) is 35.7 Å². The van der Waals surface area contributed by atoms with Crippen molar-refractivity contribution >= 4 is 34.7 Å². The molecular weight excluding hydrogens is 224 g/mol. The molecule has 2 aliphatic rings. The highest BCUT2D eigenvalue weighted by molar-refractivity contribution is 8.21. The summed E-state index contributed by atoms with van der Waals surface area (Å²) in [5.41, 5.74) is 0. The predicted molar refractivity (Wildman–Crippen MR) is 67.8 cm³/mol. The van der Waals surface area contributed by atoms with Crippen LogP contribution in [0.25, 0.3) is 11.2 Å². The molecule has 0 aliphatic carbocycles. The van der Waals surface area contributed by atoms with Crippen LogP contribution >= 0.6 is 23.5 Å². The molecule has 2 unspecified atom stereocenters. The number of benzene rings is 1. The Morgan fingerprint density at radius 3 is 2.93 bits per heavy atom. The van der Waals surface area contributed by atoms with Crippen molar-refractivity contribution in [3.63, 3.8) is 0 Å². The average Bonchev–Trinajstić information content (AvgIpc) is 2.69. The second kappa shape index (κ2) is 3.65. The Hall–Kier alpha value is -0.800. The number of aliphatic hydroxyl groups excluding tert-OH is 1. The van der Waals surface area contributed by atoms with Crippen molar-refractivity contribution < 1.29 is 5.11 Å². The van der Waals surface area contributed by atoms with E-state index in [2.05, 4.69) is 16.9 Å². The molecule has 1 aromatic carbocycles. The SMILES string of the molecule is OC1=c2ccccc2=CSC2SC=CC12. The molecule has 0 fully saturated rings. The van der Waals surface area contributed by atoms with Crippen molar-refractivity contribution in [2.24, 2.45) is 5.92 Å². The van der Waals surface area contributed by atoms with Gasteiger partial charge in [0.2, 0.25) is 0 Å². The Bertz CT molecular complexity index is 533. The van der Waals surface area contributed by atoms with Gasteiger partial charge in [-0.05, 0) is 16.0 Å². The quantitative estimate of drug-likeness (QED) is 0.742. The highest BCUT2D eigenvalue weighted by Gasteiger charge is 2.28. The first-order valence-electron chi connectivity index (χ1n) is 4.82. The summed E-state index contributed by atoms with van der Waals surface area (Å²) in [5, 5.41) is 16.6. The Morgan fingerprint density at radius 2 is 2.00 bits per heavy atom. The number of fused-ring (bicyclic) bond motifs is 2. The fourth-order valence-corrected chi connectivity index (χ4v) is 4.17. The van der Waals surface area contributed by atoms with E-state index in [4.69, 9.17) is 0 Å². The zero-order chi connectivity index (χ0) is 10.3. The van der Waals surface area contributed by atoms with Gasteiger partial charge in [0.05, 0.1) is 10.5 Å². The molecule has 1 N–H and O–H groups in total. The molecule has 2 atom stereocenters. The van der Waals surface area contributed by atoms with Crippen molar-refractivity contribution in [2.45, 2.75) is 4.58 Å². The molecule has 0 saturated carbocycles. The molecule has 1 nitrogen and oxygen atoms in total. The monoisotopic (exact) mass is 234 g/mol. The van der Waals surface area contributed by atoms with Gasteiger partial charge in [-0.1, -0.05) is 30.3 Å². The molecule has 0 aromatic heterocycles. The van der Waals surface area contributed by atoms with Gasteiger partial charge in [-0.15, -0.1) is 23.5 Å². The zero-order valence-electron chi connectivity index (χ0n) is 7.96. The third-order valence-corrected chi connectivity index (χ3v) is 5.17. The zero-order valence-corrected chi connectivity index (χ0v) is 9.59. The molecular formula is C12H10OS2. The molecule has 0 saturated heterocycles. The molecule has 2 heterocycles. The highest BCUT2D eigenvalue weighted by Crippen LogP contribution is 2.41. The van der Waals surface area contributed by atoms with E-state index in [1.807, 2.05) is 24.3 Å². The number of aliphatic hydroxyl groups is 1. The lowest BCUT2D eigenvalue weighted by molar-refractivity contribution is 0.458. The van der Waals surface area contributed by atoms with Crippen molar-refractivity contribution in [3.8, 4) is 0 Å². The first-order valence-corrected chi connectivity index (χ1v) is 6.71. The Balaban J connectivity index is 2.31. The lowest BCUT2D eigenvalue weighted by atomic mass is 10.1. The predicted octanol–water partition coefficient (Wildman–Crippen LogP) is 2.04. The van der Waals surface area contributed by atoms with Crippen LogP contribution in [0.5, 0.6) is 0 Å². The van der Waals surface area contributed by atoms with Crippen LogP contribution in [-0.4, -0.2) is 9.69 Å². The smallest absolute Gasteiger partial charge is 0.109 e. The minimum Gasteiger partial charge on any atom is -0.511 e. The maximum Gasteiger partial charge on any atom is 0.109 e. The van der Waals surface area contributed by atoms with Crippen LogP contribution in [0.2, 0.25) is 0 Å². The Morgan fingerprint density at radius 1 is 1.13 bits per heavy atom. The summed E-state index contributed by atoms with van der Waals surface area (Å²) in [4.78, 5) is 0.